The molecule has 3 nitrogen and oxygen atoms in total. The van der Waals surface area contributed by atoms with Crippen LogP contribution in [0.15, 0.2) is 30.3 Å². The summed E-state index contributed by atoms with van der Waals surface area (Å²) in [7, 11) is 1.68. The minimum atomic E-state index is -0.387. The van der Waals surface area contributed by atoms with Crippen LogP contribution in [0.25, 0.3) is 0 Å². The van der Waals surface area contributed by atoms with E-state index in [1.165, 1.54) is 4.90 Å². The van der Waals surface area contributed by atoms with Crippen molar-refractivity contribution in [2.75, 3.05) is 13.6 Å². The third-order valence-corrected chi connectivity index (χ3v) is 2.64. The van der Waals surface area contributed by atoms with Crippen LogP contribution >= 0.6 is 0 Å². The molecule has 1 rings (SSSR count). The Morgan fingerprint density at radius 3 is 2.41 bits per heavy atom. The molecule has 0 bridgehead atoms. The highest BCUT2D eigenvalue weighted by Gasteiger charge is 2.17. The predicted octanol–water partition coefficient (Wildman–Crippen LogP) is 2.06. The number of carbonyl (C=O) groups excluding carboxylic acids is 2. The summed E-state index contributed by atoms with van der Waals surface area (Å²) in [5.41, 5.74) is 0.884. The molecule has 1 amide bonds. The molecule has 0 radical (unpaired) electrons. The lowest BCUT2D eigenvalue weighted by Gasteiger charge is -2.15. The van der Waals surface area contributed by atoms with Gasteiger partial charge in [0, 0.05) is 20.0 Å². The fourth-order valence-corrected chi connectivity index (χ4v) is 1.57. The van der Waals surface area contributed by atoms with E-state index in [9.17, 15) is 9.59 Å². The summed E-state index contributed by atoms with van der Waals surface area (Å²) in [6, 6.07) is 9.35. The first-order valence-electron chi connectivity index (χ1n) is 5.97. The number of nitrogens with zero attached hydrogens (tertiary/aromatic N) is 1. The molecule has 0 saturated carbocycles. The van der Waals surface area contributed by atoms with Gasteiger partial charge in [0.25, 0.3) is 5.91 Å². The lowest BCUT2D eigenvalue weighted by atomic mass is 10.1. The Morgan fingerprint density at radius 2 is 1.82 bits per heavy atom. The lowest BCUT2D eigenvalue weighted by molar-refractivity contribution is -0.143. The van der Waals surface area contributed by atoms with Crippen molar-refractivity contribution < 1.29 is 9.59 Å². The minimum Gasteiger partial charge on any atom is -0.339 e. The van der Waals surface area contributed by atoms with Gasteiger partial charge in [-0.3, -0.25) is 9.59 Å². The number of benzene rings is 1. The molecule has 0 atom stereocenters. The van der Waals surface area contributed by atoms with Crippen LogP contribution in [0.4, 0.5) is 0 Å². The Hall–Kier alpha value is -1.64. The van der Waals surface area contributed by atoms with Gasteiger partial charge in [-0.2, -0.15) is 0 Å². The zero-order valence-electron chi connectivity index (χ0n) is 10.5. The second-order valence-electron chi connectivity index (χ2n) is 4.17. The number of rotatable bonds is 6. The Labute approximate surface area is 102 Å². The summed E-state index contributed by atoms with van der Waals surface area (Å²) in [6.07, 6.45) is 2.14. The molecular formula is C14H19NO2. The number of ketones is 1. The first-order chi connectivity index (χ1) is 8.15. The molecule has 0 N–H and O–H groups in total. The molecule has 0 aliphatic rings. The van der Waals surface area contributed by atoms with E-state index in [1.54, 1.807) is 7.05 Å². The largest absolute Gasteiger partial charge is 0.339 e. The third kappa shape index (κ3) is 4.39. The third-order valence-electron chi connectivity index (χ3n) is 2.64. The smallest absolute Gasteiger partial charge is 0.290 e. The van der Waals surface area contributed by atoms with Gasteiger partial charge >= 0.3 is 0 Å². The fourth-order valence-electron chi connectivity index (χ4n) is 1.57. The first-order valence-corrected chi connectivity index (χ1v) is 5.97. The van der Waals surface area contributed by atoms with Crippen molar-refractivity contribution in [2.24, 2.45) is 0 Å². The zero-order valence-corrected chi connectivity index (χ0v) is 10.5. The van der Waals surface area contributed by atoms with Gasteiger partial charge in [0.15, 0.2) is 0 Å². The first kappa shape index (κ1) is 13.4. The molecule has 1 aromatic carbocycles. The standard InChI is InChI=1S/C14H19NO2/c1-3-4-10-15(2)14(17)13(16)11-12-8-6-5-7-9-12/h5-9H,3-4,10-11H2,1-2H3. The molecule has 17 heavy (non-hydrogen) atoms. The molecule has 0 aliphatic carbocycles. The summed E-state index contributed by atoms with van der Waals surface area (Å²) in [5.74, 6) is -0.725. The van der Waals surface area contributed by atoms with Crippen molar-refractivity contribution in [3.05, 3.63) is 35.9 Å². The van der Waals surface area contributed by atoms with E-state index in [4.69, 9.17) is 0 Å². The van der Waals surface area contributed by atoms with Crippen LogP contribution in [-0.4, -0.2) is 30.2 Å². The molecular weight excluding hydrogens is 214 g/mol. The number of carbonyl (C=O) groups is 2. The second kappa shape index (κ2) is 6.84. The highest BCUT2D eigenvalue weighted by atomic mass is 16.2. The van der Waals surface area contributed by atoms with Gasteiger partial charge < -0.3 is 4.90 Å². The maximum atomic E-state index is 11.7. The Kier molecular flexibility index (Phi) is 5.40. The minimum absolute atomic E-state index is 0.191. The van der Waals surface area contributed by atoms with Crippen LogP contribution in [0.5, 0.6) is 0 Å². The number of amides is 1. The van der Waals surface area contributed by atoms with E-state index in [2.05, 4.69) is 6.92 Å². The van der Waals surface area contributed by atoms with Gasteiger partial charge in [0.1, 0.15) is 0 Å². The van der Waals surface area contributed by atoms with E-state index in [1.807, 2.05) is 30.3 Å². The van der Waals surface area contributed by atoms with Crippen molar-refractivity contribution >= 4 is 11.7 Å². The SMILES string of the molecule is CCCCN(C)C(=O)C(=O)Cc1ccccc1. The molecule has 3 heteroatoms. The summed E-state index contributed by atoms with van der Waals surface area (Å²) in [4.78, 5) is 25.0. The monoisotopic (exact) mass is 233 g/mol. The average Bonchev–Trinajstić information content (AvgIpc) is 2.36. The van der Waals surface area contributed by atoms with Gasteiger partial charge in [0.2, 0.25) is 5.78 Å². The highest BCUT2D eigenvalue weighted by molar-refractivity contribution is 6.36. The van der Waals surface area contributed by atoms with Crippen LogP contribution in [0, 0.1) is 0 Å². The normalized spacial score (nSPS) is 10.0. The Balaban J connectivity index is 2.50. The quantitative estimate of drug-likeness (QED) is 0.705. The van der Waals surface area contributed by atoms with Crippen molar-refractivity contribution in [2.45, 2.75) is 26.2 Å². The fraction of sp³-hybridized carbons (Fsp3) is 0.429. The van der Waals surface area contributed by atoms with E-state index in [0.717, 1.165) is 18.4 Å². The van der Waals surface area contributed by atoms with E-state index >= 15 is 0 Å². The maximum absolute atomic E-state index is 11.7. The molecule has 0 saturated heterocycles. The van der Waals surface area contributed by atoms with Gasteiger partial charge in [-0.1, -0.05) is 43.7 Å². The van der Waals surface area contributed by atoms with Gasteiger partial charge in [-0.15, -0.1) is 0 Å². The van der Waals surface area contributed by atoms with Crippen LogP contribution in [-0.2, 0) is 16.0 Å². The molecule has 1 aromatic rings. The zero-order chi connectivity index (χ0) is 12.7. The van der Waals surface area contributed by atoms with Crippen molar-refractivity contribution in [3.8, 4) is 0 Å². The predicted molar refractivity (Wildman–Crippen MR) is 67.7 cm³/mol. The molecule has 0 spiro atoms. The Bertz CT molecular complexity index is 373. The summed E-state index contributed by atoms with van der Waals surface area (Å²) in [6.45, 7) is 2.71. The van der Waals surface area contributed by atoms with E-state index in [0.29, 0.717) is 6.54 Å². The van der Waals surface area contributed by atoms with Crippen molar-refractivity contribution in [1.29, 1.82) is 0 Å². The number of likely N-dealkylation sites (N-methyl/N-ethyl adjacent to an activating group) is 1. The van der Waals surface area contributed by atoms with Crippen LogP contribution < -0.4 is 0 Å². The maximum Gasteiger partial charge on any atom is 0.290 e. The van der Waals surface area contributed by atoms with Crippen molar-refractivity contribution in [3.63, 3.8) is 0 Å². The summed E-state index contributed by atoms with van der Waals surface area (Å²) >= 11 is 0. The van der Waals surface area contributed by atoms with Crippen LogP contribution in [0.3, 0.4) is 0 Å². The molecule has 0 fully saturated rings. The number of hydrogen-bond donors (Lipinski definition) is 0. The topological polar surface area (TPSA) is 37.4 Å². The lowest BCUT2D eigenvalue weighted by Crippen LogP contribution is -2.34. The van der Waals surface area contributed by atoms with Gasteiger partial charge in [0.05, 0.1) is 0 Å². The number of hydrogen-bond acceptors (Lipinski definition) is 2. The van der Waals surface area contributed by atoms with E-state index < -0.39 is 0 Å². The summed E-state index contributed by atoms with van der Waals surface area (Å²) < 4.78 is 0. The van der Waals surface area contributed by atoms with Crippen LogP contribution in [0.2, 0.25) is 0 Å². The van der Waals surface area contributed by atoms with E-state index in [-0.39, 0.29) is 18.1 Å². The summed E-state index contributed by atoms with van der Waals surface area (Å²) in [5, 5.41) is 0. The highest BCUT2D eigenvalue weighted by Crippen LogP contribution is 2.02. The molecule has 92 valence electrons. The Morgan fingerprint density at radius 1 is 1.18 bits per heavy atom. The molecule has 0 aromatic heterocycles. The molecule has 0 unspecified atom stereocenters. The molecule has 0 aliphatic heterocycles. The average molecular weight is 233 g/mol. The second-order valence-corrected chi connectivity index (χ2v) is 4.17. The van der Waals surface area contributed by atoms with Gasteiger partial charge in [-0.25, -0.2) is 0 Å². The van der Waals surface area contributed by atoms with Crippen LogP contribution in [0.1, 0.15) is 25.3 Å². The number of Topliss-reactive ketones (excluding diaryl/α,β-unsaturated/α-hetero) is 1. The van der Waals surface area contributed by atoms with Crippen molar-refractivity contribution in [1.82, 2.24) is 4.90 Å². The van der Waals surface area contributed by atoms with Gasteiger partial charge in [-0.05, 0) is 12.0 Å². The molecule has 0 heterocycles. The number of unbranched alkanes of at least 4 members (excludes halogenated alkanes) is 1.